The van der Waals surface area contributed by atoms with E-state index in [1.807, 2.05) is 24.3 Å². The van der Waals surface area contributed by atoms with Crippen LogP contribution in [0.25, 0.3) is 0 Å². The van der Waals surface area contributed by atoms with Crippen molar-refractivity contribution < 1.29 is 0 Å². The van der Waals surface area contributed by atoms with Crippen molar-refractivity contribution in [2.24, 2.45) is 4.99 Å². The van der Waals surface area contributed by atoms with Gasteiger partial charge in [-0.1, -0.05) is 53.5 Å². The second-order valence-corrected chi connectivity index (χ2v) is 8.57. The van der Waals surface area contributed by atoms with Crippen LogP contribution in [0, 0.1) is 0 Å². The number of benzene rings is 2. The molecule has 0 fully saturated rings. The Hall–Kier alpha value is -1.61. The van der Waals surface area contributed by atoms with Gasteiger partial charge >= 0.3 is 0 Å². The second kappa shape index (κ2) is 7.09. The molecule has 0 bridgehead atoms. The van der Waals surface area contributed by atoms with E-state index in [0.717, 1.165) is 60.1 Å². The van der Waals surface area contributed by atoms with Gasteiger partial charge in [0.1, 0.15) is 0 Å². The lowest BCUT2D eigenvalue weighted by molar-refractivity contribution is 0.187. The molecule has 3 aliphatic rings. The molecular formula is C23H22Cl2N2. The molecule has 2 aliphatic heterocycles. The van der Waals surface area contributed by atoms with E-state index in [9.17, 15) is 0 Å². The van der Waals surface area contributed by atoms with Gasteiger partial charge in [0.25, 0.3) is 0 Å². The van der Waals surface area contributed by atoms with Gasteiger partial charge < -0.3 is 0 Å². The summed E-state index contributed by atoms with van der Waals surface area (Å²) in [4.78, 5) is 7.58. The minimum Gasteiger partial charge on any atom is -0.296 e. The number of rotatable bonds is 2. The maximum Gasteiger partial charge on any atom is 0.0535 e. The molecule has 0 spiro atoms. The summed E-state index contributed by atoms with van der Waals surface area (Å²) >= 11 is 12.9. The molecule has 2 heterocycles. The second-order valence-electron chi connectivity index (χ2n) is 7.76. The molecule has 2 nitrogen and oxygen atoms in total. The number of aryl methyl sites for hydroxylation is 1. The third-order valence-corrected chi connectivity index (χ3v) is 6.88. The molecule has 27 heavy (non-hydrogen) atoms. The summed E-state index contributed by atoms with van der Waals surface area (Å²) in [6.45, 7) is 2.11. The molecule has 4 heteroatoms. The summed E-state index contributed by atoms with van der Waals surface area (Å²) in [5, 5.41) is 1.73. The Balaban J connectivity index is 1.31. The zero-order valence-electron chi connectivity index (χ0n) is 15.2. The van der Waals surface area contributed by atoms with Crippen molar-refractivity contribution in [3.05, 3.63) is 80.5 Å². The third kappa shape index (κ3) is 3.24. The lowest BCUT2D eigenvalue weighted by atomic mass is 9.86. The number of nitrogens with zero attached hydrogens (tertiary/aromatic N) is 2. The molecule has 1 aliphatic carbocycles. The van der Waals surface area contributed by atoms with Crippen LogP contribution in [0.4, 0.5) is 0 Å². The molecule has 1 atom stereocenters. The Morgan fingerprint density at radius 3 is 2.70 bits per heavy atom. The molecule has 1 unspecified atom stereocenters. The highest BCUT2D eigenvalue weighted by molar-refractivity contribution is 6.34. The van der Waals surface area contributed by atoms with E-state index in [0.29, 0.717) is 6.04 Å². The van der Waals surface area contributed by atoms with Crippen LogP contribution < -0.4 is 0 Å². The SMILES string of the molecule is Clc1ccccc1C1=NC2=C(C1)CN(C1CCc3cccc(Cl)c3C1)CC2. The van der Waals surface area contributed by atoms with Crippen LogP contribution in [0.3, 0.4) is 0 Å². The maximum absolute atomic E-state index is 6.48. The van der Waals surface area contributed by atoms with Gasteiger partial charge in [-0.25, -0.2) is 0 Å². The molecule has 138 valence electrons. The molecular weight excluding hydrogens is 375 g/mol. The van der Waals surface area contributed by atoms with Crippen LogP contribution in [0.2, 0.25) is 10.0 Å². The van der Waals surface area contributed by atoms with Gasteiger partial charge in [0.05, 0.1) is 5.71 Å². The van der Waals surface area contributed by atoms with Crippen molar-refractivity contribution in [2.45, 2.75) is 38.1 Å². The number of hydrogen-bond donors (Lipinski definition) is 0. The molecule has 0 N–H and O–H groups in total. The van der Waals surface area contributed by atoms with Crippen LogP contribution in [0.15, 0.2) is 58.7 Å². The highest BCUT2D eigenvalue weighted by atomic mass is 35.5. The van der Waals surface area contributed by atoms with Crippen molar-refractivity contribution >= 4 is 28.9 Å². The van der Waals surface area contributed by atoms with E-state index in [1.54, 1.807) is 0 Å². The predicted molar refractivity (Wildman–Crippen MR) is 113 cm³/mol. The predicted octanol–water partition coefficient (Wildman–Crippen LogP) is 5.70. The highest BCUT2D eigenvalue weighted by Crippen LogP contribution is 2.35. The average Bonchev–Trinajstić information content (AvgIpc) is 3.11. The van der Waals surface area contributed by atoms with E-state index in [-0.39, 0.29) is 0 Å². The van der Waals surface area contributed by atoms with Gasteiger partial charge in [0.2, 0.25) is 0 Å². The Morgan fingerprint density at radius 2 is 1.81 bits per heavy atom. The summed E-state index contributed by atoms with van der Waals surface area (Å²) < 4.78 is 0. The molecule has 2 aromatic carbocycles. The Morgan fingerprint density at radius 1 is 0.963 bits per heavy atom. The van der Waals surface area contributed by atoms with Crippen LogP contribution in [-0.4, -0.2) is 29.7 Å². The number of aliphatic imine (C=N–C) groups is 1. The van der Waals surface area contributed by atoms with E-state index in [2.05, 4.69) is 23.1 Å². The van der Waals surface area contributed by atoms with E-state index in [4.69, 9.17) is 28.2 Å². The van der Waals surface area contributed by atoms with Crippen molar-refractivity contribution in [1.82, 2.24) is 4.90 Å². The summed E-state index contributed by atoms with van der Waals surface area (Å²) in [5.41, 5.74) is 7.76. The van der Waals surface area contributed by atoms with Gasteiger partial charge in [-0.2, -0.15) is 0 Å². The summed E-state index contributed by atoms with van der Waals surface area (Å²) in [5.74, 6) is 0. The van der Waals surface area contributed by atoms with Crippen LogP contribution in [0.1, 0.15) is 36.0 Å². The third-order valence-electron chi connectivity index (χ3n) is 6.19. The number of hydrogen-bond acceptors (Lipinski definition) is 2. The largest absolute Gasteiger partial charge is 0.296 e. The van der Waals surface area contributed by atoms with Crippen LogP contribution >= 0.6 is 23.2 Å². The molecule has 0 aromatic heterocycles. The first kappa shape index (κ1) is 17.5. The quantitative estimate of drug-likeness (QED) is 0.634. The van der Waals surface area contributed by atoms with E-state index in [1.165, 1.54) is 28.8 Å². The van der Waals surface area contributed by atoms with Gasteiger partial charge in [-0.3, -0.25) is 9.89 Å². The normalized spacial score (nSPS) is 22.4. The van der Waals surface area contributed by atoms with Crippen molar-refractivity contribution in [1.29, 1.82) is 0 Å². The van der Waals surface area contributed by atoms with Crippen molar-refractivity contribution in [2.75, 3.05) is 13.1 Å². The van der Waals surface area contributed by atoms with E-state index < -0.39 is 0 Å². The number of halogens is 2. The Labute approximate surface area is 170 Å². The Bertz CT molecular complexity index is 961. The van der Waals surface area contributed by atoms with Gasteiger partial charge in [-0.05, 0) is 48.1 Å². The van der Waals surface area contributed by atoms with E-state index >= 15 is 0 Å². The standard InChI is InChI=1S/C23H22Cl2N2/c24-20-6-2-1-5-18(20)23-12-16-14-27(11-10-22(16)26-23)17-9-8-15-4-3-7-21(25)19(15)13-17/h1-7,17H,8-14H2. The average molecular weight is 397 g/mol. The minimum absolute atomic E-state index is 0.579. The maximum atomic E-state index is 6.48. The first-order chi connectivity index (χ1) is 13.2. The lowest BCUT2D eigenvalue weighted by Crippen LogP contribution is -2.43. The smallest absolute Gasteiger partial charge is 0.0535 e. The first-order valence-corrected chi connectivity index (χ1v) is 10.5. The van der Waals surface area contributed by atoms with Crippen LogP contribution in [-0.2, 0) is 12.8 Å². The summed E-state index contributed by atoms with van der Waals surface area (Å²) in [6, 6.07) is 15.0. The first-order valence-electron chi connectivity index (χ1n) is 9.73. The Kier molecular flexibility index (Phi) is 4.59. The fourth-order valence-electron chi connectivity index (χ4n) is 4.74. The van der Waals surface area contributed by atoms with Crippen LogP contribution in [0.5, 0.6) is 0 Å². The highest BCUT2D eigenvalue weighted by Gasteiger charge is 2.31. The monoisotopic (exact) mass is 396 g/mol. The molecule has 0 amide bonds. The van der Waals surface area contributed by atoms with Gasteiger partial charge in [0.15, 0.2) is 0 Å². The fraction of sp³-hybridized carbons (Fsp3) is 0.348. The topological polar surface area (TPSA) is 15.6 Å². The molecule has 5 rings (SSSR count). The lowest BCUT2D eigenvalue weighted by Gasteiger charge is -2.38. The van der Waals surface area contributed by atoms with Crippen molar-refractivity contribution in [3.63, 3.8) is 0 Å². The molecule has 2 aromatic rings. The zero-order chi connectivity index (χ0) is 18.4. The molecule has 0 saturated heterocycles. The molecule has 0 saturated carbocycles. The van der Waals surface area contributed by atoms with Gasteiger partial charge in [0, 0.05) is 53.3 Å². The van der Waals surface area contributed by atoms with Gasteiger partial charge in [-0.15, -0.1) is 0 Å². The summed E-state index contributed by atoms with van der Waals surface area (Å²) in [7, 11) is 0. The molecule has 0 radical (unpaired) electrons. The fourth-order valence-corrected chi connectivity index (χ4v) is 5.26. The number of fused-ring (bicyclic) bond motifs is 1. The minimum atomic E-state index is 0.579. The zero-order valence-corrected chi connectivity index (χ0v) is 16.7. The summed E-state index contributed by atoms with van der Waals surface area (Å²) in [6.07, 6.45) is 5.38. The van der Waals surface area contributed by atoms with Crippen molar-refractivity contribution in [3.8, 4) is 0 Å².